The summed E-state index contributed by atoms with van der Waals surface area (Å²) < 4.78 is 6.71. The van der Waals surface area contributed by atoms with Crippen molar-refractivity contribution < 1.29 is 9.53 Å². The number of nitrogens with zero attached hydrogens (tertiary/aromatic N) is 2. The van der Waals surface area contributed by atoms with Crippen molar-refractivity contribution in [1.29, 1.82) is 0 Å². The first-order valence-corrected chi connectivity index (χ1v) is 5.43. The van der Waals surface area contributed by atoms with Crippen molar-refractivity contribution in [3.05, 3.63) is 35.8 Å². The second-order valence-corrected chi connectivity index (χ2v) is 3.85. The highest BCUT2D eigenvalue weighted by molar-refractivity contribution is 5.92. The zero-order valence-electron chi connectivity index (χ0n) is 9.93. The number of carbonyl (C=O) groups is 1. The van der Waals surface area contributed by atoms with Crippen molar-refractivity contribution in [2.45, 2.75) is 6.92 Å². The van der Waals surface area contributed by atoms with Gasteiger partial charge in [0.2, 0.25) is 0 Å². The number of ether oxygens (including phenoxy) is 1. The van der Waals surface area contributed by atoms with Gasteiger partial charge in [0.05, 0.1) is 6.61 Å². The van der Waals surface area contributed by atoms with Crippen LogP contribution in [0, 0.1) is 6.92 Å². The molecule has 0 spiro atoms. The first-order valence-electron chi connectivity index (χ1n) is 5.43. The highest BCUT2D eigenvalue weighted by atomic mass is 16.5. The standard InChI is InChI=1S/C12H15N3O2/c1-9-3-4-11-14-10(8-15(11)7-9)12(16)13-5-6-17-2/h3-4,7-8H,5-6H2,1-2H3,(H,13,16). The summed E-state index contributed by atoms with van der Waals surface area (Å²) in [5.74, 6) is -0.177. The van der Waals surface area contributed by atoms with Gasteiger partial charge in [0, 0.05) is 26.0 Å². The molecule has 0 saturated heterocycles. The molecule has 0 bridgehead atoms. The molecule has 2 aromatic heterocycles. The van der Waals surface area contributed by atoms with E-state index in [0.29, 0.717) is 18.8 Å². The molecule has 5 heteroatoms. The van der Waals surface area contributed by atoms with Gasteiger partial charge in [-0.05, 0) is 18.6 Å². The molecule has 0 fully saturated rings. The van der Waals surface area contributed by atoms with E-state index >= 15 is 0 Å². The molecule has 2 heterocycles. The van der Waals surface area contributed by atoms with Crippen LogP contribution in [0.3, 0.4) is 0 Å². The molecular weight excluding hydrogens is 218 g/mol. The zero-order valence-corrected chi connectivity index (χ0v) is 9.93. The molecule has 0 radical (unpaired) electrons. The molecule has 2 aromatic rings. The van der Waals surface area contributed by atoms with Crippen LogP contribution in [0.25, 0.3) is 5.65 Å². The summed E-state index contributed by atoms with van der Waals surface area (Å²) in [4.78, 5) is 16.0. The smallest absolute Gasteiger partial charge is 0.271 e. The Labute approximate surface area is 99.4 Å². The number of pyridine rings is 1. The molecule has 90 valence electrons. The minimum absolute atomic E-state index is 0.177. The van der Waals surface area contributed by atoms with E-state index < -0.39 is 0 Å². The van der Waals surface area contributed by atoms with Crippen LogP contribution in [0.15, 0.2) is 24.5 Å². The summed E-state index contributed by atoms with van der Waals surface area (Å²) in [5, 5.41) is 2.74. The summed E-state index contributed by atoms with van der Waals surface area (Å²) in [6.07, 6.45) is 3.67. The second kappa shape index (κ2) is 4.97. The lowest BCUT2D eigenvalue weighted by Crippen LogP contribution is -2.27. The lowest BCUT2D eigenvalue weighted by atomic mass is 10.3. The minimum Gasteiger partial charge on any atom is -0.383 e. The number of hydrogen-bond acceptors (Lipinski definition) is 3. The van der Waals surface area contributed by atoms with Crippen molar-refractivity contribution in [2.75, 3.05) is 20.3 Å². The Kier molecular flexibility index (Phi) is 3.39. The van der Waals surface area contributed by atoms with Gasteiger partial charge in [-0.25, -0.2) is 4.98 Å². The van der Waals surface area contributed by atoms with Crippen LogP contribution in [-0.2, 0) is 4.74 Å². The number of amides is 1. The van der Waals surface area contributed by atoms with Gasteiger partial charge < -0.3 is 14.5 Å². The van der Waals surface area contributed by atoms with Gasteiger partial charge in [-0.3, -0.25) is 4.79 Å². The van der Waals surface area contributed by atoms with Crippen LogP contribution in [0.5, 0.6) is 0 Å². The molecule has 0 aromatic carbocycles. The number of methoxy groups -OCH3 is 1. The molecule has 0 saturated carbocycles. The van der Waals surface area contributed by atoms with E-state index in [2.05, 4.69) is 10.3 Å². The molecule has 0 unspecified atom stereocenters. The first kappa shape index (κ1) is 11.6. The normalized spacial score (nSPS) is 10.7. The van der Waals surface area contributed by atoms with Crippen LogP contribution >= 0.6 is 0 Å². The van der Waals surface area contributed by atoms with Crippen molar-refractivity contribution in [2.24, 2.45) is 0 Å². The van der Waals surface area contributed by atoms with Gasteiger partial charge in [0.25, 0.3) is 5.91 Å². The monoisotopic (exact) mass is 233 g/mol. The van der Waals surface area contributed by atoms with Crippen LogP contribution < -0.4 is 5.32 Å². The summed E-state index contributed by atoms with van der Waals surface area (Å²) in [6, 6.07) is 3.86. The molecule has 1 amide bonds. The fraction of sp³-hybridized carbons (Fsp3) is 0.333. The maximum atomic E-state index is 11.7. The Bertz CT molecular complexity index is 534. The average molecular weight is 233 g/mol. The molecule has 0 aliphatic carbocycles. The maximum absolute atomic E-state index is 11.7. The molecule has 1 N–H and O–H groups in total. The van der Waals surface area contributed by atoms with Crippen LogP contribution in [0.1, 0.15) is 16.1 Å². The summed E-state index contributed by atoms with van der Waals surface area (Å²) in [7, 11) is 1.60. The van der Waals surface area contributed by atoms with E-state index in [4.69, 9.17) is 4.74 Å². The van der Waals surface area contributed by atoms with Crippen LogP contribution in [0.2, 0.25) is 0 Å². The van der Waals surface area contributed by atoms with Crippen LogP contribution in [0.4, 0.5) is 0 Å². The SMILES string of the molecule is COCCNC(=O)c1cn2cc(C)ccc2n1. The number of nitrogens with one attached hydrogen (secondary N) is 1. The van der Waals surface area contributed by atoms with E-state index in [1.54, 1.807) is 13.3 Å². The molecular formula is C12H15N3O2. The number of imidazole rings is 1. The van der Waals surface area contributed by atoms with E-state index in [9.17, 15) is 4.79 Å². The minimum atomic E-state index is -0.177. The molecule has 2 rings (SSSR count). The Balaban J connectivity index is 2.15. The highest BCUT2D eigenvalue weighted by Gasteiger charge is 2.09. The topological polar surface area (TPSA) is 55.6 Å². The number of carbonyl (C=O) groups excluding carboxylic acids is 1. The van der Waals surface area contributed by atoms with Gasteiger partial charge in [0.1, 0.15) is 11.3 Å². The first-order chi connectivity index (χ1) is 8.20. The molecule has 0 aliphatic rings. The Morgan fingerprint density at radius 1 is 1.47 bits per heavy atom. The zero-order chi connectivity index (χ0) is 12.3. The van der Waals surface area contributed by atoms with Gasteiger partial charge >= 0.3 is 0 Å². The highest BCUT2D eigenvalue weighted by Crippen LogP contribution is 2.06. The number of fused-ring (bicyclic) bond motifs is 1. The lowest BCUT2D eigenvalue weighted by Gasteiger charge is -2.00. The van der Waals surface area contributed by atoms with Crippen molar-refractivity contribution in [3.63, 3.8) is 0 Å². The van der Waals surface area contributed by atoms with Crippen molar-refractivity contribution >= 4 is 11.6 Å². The van der Waals surface area contributed by atoms with E-state index in [0.717, 1.165) is 11.2 Å². The van der Waals surface area contributed by atoms with Gasteiger partial charge in [0.15, 0.2) is 0 Å². The largest absolute Gasteiger partial charge is 0.383 e. The Morgan fingerprint density at radius 3 is 3.06 bits per heavy atom. The van der Waals surface area contributed by atoms with Gasteiger partial charge in [-0.1, -0.05) is 6.07 Å². The van der Waals surface area contributed by atoms with E-state index in [1.807, 2.05) is 29.7 Å². The van der Waals surface area contributed by atoms with Crippen molar-refractivity contribution in [1.82, 2.24) is 14.7 Å². The summed E-state index contributed by atoms with van der Waals surface area (Å²) in [6.45, 7) is 2.98. The number of aromatic nitrogens is 2. The van der Waals surface area contributed by atoms with Gasteiger partial charge in [-0.15, -0.1) is 0 Å². The molecule has 0 atom stereocenters. The molecule has 5 nitrogen and oxygen atoms in total. The van der Waals surface area contributed by atoms with E-state index in [-0.39, 0.29) is 5.91 Å². The Hall–Kier alpha value is -1.88. The number of aryl methyl sites for hydroxylation is 1. The van der Waals surface area contributed by atoms with Crippen LogP contribution in [-0.4, -0.2) is 35.6 Å². The average Bonchev–Trinajstić information content (AvgIpc) is 2.72. The number of rotatable bonds is 4. The fourth-order valence-electron chi connectivity index (χ4n) is 1.57. The van der Waals surface area contributed by atoms with Gasteiger partial charge in [-0.2, -0.15) is 0 Å². The third kappa shape index (κ3) is 2.62. The maximum Gasteiger partial charge on any atom is 0.271 e. The number of hydrogen-bond donors (Lipinski definition) is 1. The van der Waals surface area contributed by atoms with Crippen molar-refractivity contribution in [3.8, 4) is 0 Å². The summed E-state index contributed by atoms with van der Waals surface area (Å²) in [5.41, 5.74) is 2.32. The molecule has 0 aliphatic heterocycles. The Morgan fingerprint density at radius 2 is 2.29 bits per heavy atom. The predicted molar refractivity (Wildman–Crippen MR) is 64.1 cm³/mol. The third-order valence-electron chi connectivity index (χ3n) is 2.42. The second-order valence-electron chi connectivity index (χ2n) is 3.85. The lowest BCUT2D eigenvalue weighted by molar-refractivity contribution is 0.0932. The fourth-order valence-corrected chi connectivity index (χ4v) is 1.57. The third-order valence-corrected chi connectivity index (χ3v) is 2.42. The van der Waals surface area contributed by atoms with E-state index in [1.165, 1.54) is 0 Å². The molecule has 17 heavy (non-hydrogen) atoms. The quantitative estimate of drug-likeness (QED) is 0.802. The summed E-state index contributed by atoms with van der Waals surface area (Å²) >= 11 is 0. The predicted octanol–water partition coefficient (Wildman–Crippen LogP) is 1.02.